The van der Waals surface area contributed by atoms with Crippen LogP contribution in [0.5, 0.6) is 0 Å². The Kier molecular flexibility index (Phi) is 5.08. The highest BCUT2D eigenvalue weighted by atomic mass is 32.1. The summed E-state index contributed by atoms with van der Waals surface area (Å²) < 4.78 is 5.38. The molecular formula is C14H25NOS. The Hall–Kier alpha value is -0.310. The molecule has 0 aliphatic heterocycles. The predicted octanol–water partition coefficient (Wildman–Crippen LogP) is 3.89. The molecule has 3 heteroatoms. The monoisotopic (exact) mass is 255 g/mol. The number of methoxy groups -OCH3 is 1. The van der Waals surface area contributed by atoms with Gasteiger partial charge < -0.3 is 9.64 Å². The highest BCUT2D eigenvalue weighted by molar-refractivity contribution is 7.80. The van der Waals surface area contributed by atoms with Crippen LogP contribution in [0.1, 0.15) is 64.2 Å². The first kappa shape index (κ1) is 13.1. The molecule has 0 aromatic carbocycles. The summed E-state index contributed by atoms with van der Waals surface area (Å²) in [5.41, 5.74) is 0. The third kappa shape index (κ3) is 3.34. The molecule has 0 radical (unpaired) electrons. The van der Waals surface area contributed by atoms with Crippen molar-refractivity contribution in [3.63, 3.8) is 0 Å². The van der Waals surface area contributed by atoms with Crippen LogP contribution < -0.4 is 0 Å². The highest BCUT2D eigenvalue weighted by Gasteiger charge is 2.30. The summed E-state index contributed by atoms with van der Waals surface area (Å²) in [6, 6.07) is 1.30. The van der Waals surface area contributed by atoms with Gasteiger partial charge in [-0.05, 0) is 37.9 Å². The van der Waals surface area contributed by atoms with E-state index in [4.69, 9.17) is 17.0 Å². The molecule has 0 atom stereocenters. The van der Waals surface area contributed by atoms with Crippen LogP contribution in [-0.4, -0.2) is 29.3 Å². The van der Waals surface area contributed by atoms with Crippen LogP contribution in [0.4, 0.5) is 0 Å². The minimum atomic E-state index is 0.652. The van der Waals surface area contributed by atoms with E-state index >= 15 is 0 Å². The summed E-state index contributed by atoms with van der Waals surface area (Å²) in [5.74, 6) is 0. The Labute approximate surface area is 111 Å². The largest absolute Gasteiger partial charge is 0.474 e. The molecule has 0 aromatic rings. The first-order chi connectivity index (χ1) is 8.33. The number of hydrogen-bond donors (Lipinski definition) is 0. The lowest BCUT2D eigenvalue weighted by Gasteiger charge is -2.42. The molecule has 2 aliphatic carbocycles. The second-order valence-electron chi connectivity index (χ2n) is 5.46. The standard InChI is InChI=1S/C14H25NOS/c1-16-14(17)15(12-8-4-2-5-9-12)13-10-6-3-7-11-13/h12-13H,2-11H2,1H3. The zero-order valence-electron chi connectivity index (χ0n) is 11.0. The molecular weight excluding hydrogens is 230 g/mol. The normalized spacial score (nSPS) is 23.4. The minimum Gasteiger partial charge on any atom is -0.474 e. The number of nitrogens with zero attached hydrogens (tertiary/aromatic N) is 1. The molecule has 17 heavy (non-hydrogen) atoms. The van der Waals surface area contributed by atoms with Gasteiger partial charge in [0.1, 0.15) is 0 Å². The van der Waals surface area contributed by atoms with Gasteiger partial charge in [-0.3, -0.25) is 0 Å². The lowest BCUT2D eigenvalue weighted by Crippen LogP contribution is -2.48. The summed E-state index contributed by atoms with van der Waals surface area (Å²) >= 11 is 5.44. The van der Waals surface area contributed by atoms with Crippen LogP contribution in [0.25, 0.3) is 0 Å². The lowest BCUT2D eigenvalue weighted by atomic mass is 9.89. The molecule has 0 unspecified atom stereocenters. The third-order valence-corrected chi connectivity index (χ3v) is 4.70. The Morgan fingerprint density at radius 2 is 1.29 bits per heavy atom. The Morgan fingerprint density at radius 3 is 1.65 bits per heavy atom. The molecule has 2 aliphatic rings. The maximum atomic E-state index is 5.44. The van der Waals surface area contributed by atoms with E-state index in [0.29, 0.717) is 12.1 Å². The molecule has 2 saturated carbocycles. The van der Waals surface area contributed by atoms with Crippen LogP contribution in [0.3, 0.4) is 0 Å². The summed E-state index contributed by atoms with van der Waals surface area (Å²) in [5, 5.41) is 0.740. The first-order valence-corrected chi connectivity index (χ1v) is 7.60. The molecule has 2 nitrogen and oxygen atoms in total. The quantitative estimate of drug-likeness (QED) is 0.695. The van der Waals surface area contributed by atoms with Crippen LogP contribution in [0.2, 0.25) is 0 Å². The van der Waals surface area contributed by atoms with Crippen LogP contribution in [0, 0.1) is 0 Å². The zero-order valence-corrected chi connectivity index (χ0v) is 11.8. The van der Waals surface area contributed by atoms with E-state index in [0.717, 1.165) is 5.17 Å². The first-order valence-electron chi connectivity index (χ1n) is 7.19. The van der Waals surface area contributed by atoms with E-state index in [1.165, 1.54) is 64.2 Å². The van der Waals surface area contributed by atoms with Crippen molar-refractivity contribution >= 4 is 17.4 Å². The second kappa shape index (κ2) is 6.58. The highest BCUT2D eigenvalue weighted by Crippen LogP contribution is 2.30. The van der Waals surface area contributed by atoms with E-state index in [2.05, 4.69) is 4.90 Å². The third-order valence-electron chi connectivity index (χ3n) is 4.32. The molecule has 0 spiro atoms. The van der Waals surface area contributed by atoms with Gasteiger partial charge >= 0.3 is 0 Å². The SMILES string of the molecule is COC(=S)N(C1CCCCC1)C1CCCCC1. The van der Waals surface area contributed by atoms with Crippen molar-refractivity contribution in [2.75, 3.05) is 7.11 Å². The van der Waals surface area contributed by atoms with Crippen molar-refractivity contribution in [3.05, 3.63) is 0 Å². The van der Waals surface area contributed by atoms with Crippen LogP contribution >= 0.6 is 12.2 Å². The summed E-state index contributed by atoms with van der Waals surface area (Å²) in [6.07, 6.45) is 13.5. The van der Waals surface area contributed by atoms with E-state index in [9.17, 15) is 0 Å². The summed E-state index contributed by atoms with van der Waals surface area (Å²) in [7, 11) is 1.72. The van der Waals surface area contributed by atoms with Crippen molar-refractivity contribution in [1.82, 2.24) is 4.90 Å². The van der Waals surface area contributed by atoms with Gasteiger partial charge in [-0.25, -0.2) is 0 Å². The molecule has 0 aromatic heterocycles. The van der Waals surface area contributed by atoms with E-state index in [1.807, 2.05) is 0 Å². The van der Waals surface area contributed by atoms with Crippen LogP contribution in [-0.2, 0) is 4.74 Å². The molecule has 0 N–H and O–H groups in total. The second-order valence-corrected chi connectivity index (χ2v) is 5.81. The van der Waals surface area contributed by atoms with Crippen molar-refractivity contribution < 1.29 is 4.74 Å². The molecule has 0 saturated heterocycles. The van der Waals surface area contributed by atoms with Crippen molar-refractivity contribution in [2.45, 2.75) is 76.3 Å². The van der Waals surface area contributed by atoms with Gasteiger partial charge in [0.15, 0.2) is 0 Å². The smallest absolute Gasteiger partial charge is 0.259 e. The summed E-state index contributed by atoms with van der Waals surface area (Å²) in [6.45, 7) is 0. The topological polar surface area (TPSA) is 12.5 Å². The van der Waals surface area contributed by atoms with Gasteiger partial charge in [-0.1, -0.05) is 38.5 Å². The number of rotatable bonds is 2. The molecule has 0 heterocycles. The van der Waals surface area contributed by atoms with Gasteiger partial charge in [0.25, 0.3) is 5.17 Å². The fraction of sp³-hybridized carbons (Fsp3) is 0.929. The maximum Gasteiger partial charge on any atom is 0.259 e. The summed E-state index contributed by atoms with van der Waals surface area (Å²) in [4.78, 5) is 2.45. The number of thiocarbonyl (C=S) groups is 1. The molecule has 0 bridgehead atoms. The van der Waals surface area contributed by atoms with Gasteiger partial charge in [-0.2, -0.15) is 0 Å². The minimum absolute atomic E-state index is 0.652. The average Bonchev–Trinajstić information content (AvgIpc) is 2.41. The lowest BCUT2D eigenvalue weighted by molar-refractivity contribution is 0.129. The van der Waals surface area contributed by atoms with E-state index < -0.39 is 0 Å². The van der Waals surface area contributed by atoms with E-state index in [1.54, 1.807) is 7.11 Å². The fourth-order valence-electron chi connectivity index (χ4n) is 3.42. The predicted molar refractivity (Wildman–Crippen MR) is 75.2 cm³/mol. The van der Waals surface area contributed by atoms with Crippen molar-refractivity contribution in [2.24, 2.45) is 0 Å². The van der Waals surface area contributed by atoms with Crippen LogP contribution in [0.15, 0.2) is 0 Å². The Morgan fingerprint density at radius 1 is 0.882 bits per heavy atom. The average molecular weight is 255 g/mol. The van der Waals surface area contributed by atoms with E-state index in [-0.39, 0.29) is 0 Å². The molecule has 2 rings (SSSR count). The van der Waals surface area contributed by atoms with Gasteiger partial charge in [0.05, 0.1) is 7.11 Å². The number of hydrogen-bond acceptors (Lipinski definition) is 2. The molecule has 0 amide bonds. The van der Waals surface area contributed by atoms with Gasteiger partial charge in [0.2, 0.25) is 0 Å². The van der Waals surface area contributed by atoms with Crippen molar-refractivity contribution in [3.8, 4) is 0 Å². The van der Waals surface area contributed by atoms with Gasteiger partial charge in [-0.15, -0.1) is 0 Å². The zero-order chi connectivity index (χ0) is 12.1. The Balaban J connectivity index is 2.02. The molecule has 98 valence electrons. The fourth-order valence-corrected chi connectivity index (χ4v) is 3.72. The number of ether oxygens (including phenoxy) is 1. The van der Waals surface area contributed by atoms with Gasteiger partial charge in [0, 0.05) is 12.1 Å². The molecule has 2 fully saturated rings. The Bertz CT molecular complexity index is 227. The maximum absolute atomic E-state index is 5.44. The van der Waals surface area contributed by atoms with Crippen molar-refractivity contribution in [1.29, 1.82) is 0 Å².